The molecule has 1 fully saturated rings. The number of aliphatic hydroxyl groups is 3. The summed E-state index contributed by atoms with van der Waals surface area (Å²) in [5, 5.41) is 30.5. The van der Waals surface area contributed by atoms with E-state index in [1.54, 1.807) is 11.8 Å². The molecule has 1 atom stereocenters. The molecule has 106 valence electrons. The van der Waals surface area contributed by atoms with E-state index in [4.69, 9.17) is 0 Å². The number of carbonyl (C=O) groups excluding carboxylic acids is 1. The molecule has 1 saturated heterocycles. The predicted octanol–water partition coefficient (Wildman–Crippen LogP) is -1.31. The average molecular weight is 260 g/mol. The van der Waals surface area contributed by atoms with E-state index in [0.717, 1.165) is 32.4 Å². The second-order valence-corrected chi connectivity index (χ2v) is 5.01. The van der Waals surface area contributed by atoms with Crippen molar-refractivity contribution in [1.29, 1.82) is 0 Å². The van der Waals surface area contributed by atoms with Gasteiger partial charge in [0.25, 0.3) is 0 Å². The lowest BCUT2D eigenvalue weighted by atomic mass is 10.0. The summed E-state index contributed by atoms with van der Waals surface area (Å²) in [5.41, 5.74) is -1.20. The standard InChI is InChI=1S/C12H24N2O4/c1-10(13-12(7-15,8-16)9-17)11(18)14-5-3-2-4-6-14/h10,13,15-17H,2-9H2,1H3. The fraction of sp³-hybridized carbons (Fsp3) is 0.917. The third kappa shape index (κ3) is 3.65. The van der Waals surface area contributed by atoms with Gasteiger partial charge < -0.3 is 20.2 Å². The number of likely N-dealkylation sites (tertiary alicyclic amines) is 1. The first-order valence-electron chi connectivity index (χ1n) is 6.47. The molecule has 0 aromatic carbocycles. The zero-order valence-corrected chi connectivity index (χ0v) is 10.9. The number of hydrogen-bond acceptors (Lipinski definition) is 5. The van der Waals surface area contributed by atoms with Crippen LogP contribution in [0, 0.1) is 0 Å². The van der Waals surface area contributed by atoms with Crippen molar-refractivity contribution < 1.29 is 20.1 Å². The summed E-state index contributed by atoms with van der Waals surface area (Å²) in [5.74, 6) is -0.0468. The van der Waals surface area contributed by atoms with Gasteiger partial charge in [-0.3, -0.25) is 10.1 Å². The summed E-state index contributed by atoms with van der Waals surface area (Å²) in [6.07, 6.45) is 3.19. The van der Waals surface area contributed by atoms with Crippen LogP contribution in [0.3, 0.4) is 0 Å². The number of carbonyl (C=O) groups is 1. The molecule has 1 aliphatic rings. The summed E-state index contributed by atoms with van der Waals surface area (Å²) < 4.78 is 0. The number of nitrogens with zero attached hydrogens (tertiary/aromatic N) is 1. The summed E-state index contributed by atoms with van der Waals surface area (Å²) in [6, 6.07) is -0.533. The first kappa shape index (κ1) is 15.4. The van der Waals surface area contributed by atoms with E-state index in [2.05, 4.69) is 5.32 Å². The van der Waals surface area contributed by atoms with Gasteiger partial charge in [0.1, 0.15) is 0 Å². The van der Waals surface area contributed by atoms with Gasteiger partial charge in [0.2, 0.25) is 5.91 Å². The molecule has 4 N–H and O–H groups in total. The van der Waals surface area contributed by atoms with Crippen LogP contribution >= 0.6 is 0 Å². The van der Waals surface area contributed by atoms with E-state index in [1.807, 2.05) is 0 Å². The minimum atomic E-state index is -1.20. The van der Waals surface area contributed by atoms with Crippen molar-refractivity contribution >= 4 is 5.91 Å². The Morgan fingerprint density at radius 3 is 2.11 bits per heavy atom. The zero-order chi connectivity index (χ0) is 13.6. The van der Waals surface area contributed by atoms with E-state index in [0.29, 0.717) is 0 Å². The van der Waals surface area contributed by atoms with Crippen LogP contribution in [0.1, 0.15) is 26.2 Å². The maximum absolute atomic E-state index is 12.1. The zero-order valence-electron chi connectivity index (χ0n) is 10.9. The topological polar surface area (TPSA) is 93.0 Å². The number of aliphatic hydroxyl groups excluding tert-OH is 3. The lowest BCUT2D eigenvalue weighted by molar-refractivity contribution is -0.135. The molecule has 1 amide bonds. The van der Waals surface area contributed by atoms with Crippen LogP contribution in [0.4, 0.5) is 0 Å². The third-order valence-corrected chi connectivity index (χ3v) is 3.47. The molecule has 0 aromatic rings. The van der Waals surface area contributed by atoms with Gasteiger partial charge in [0.15, 0.2) is 0 Å². The van der Waals surface area contributed by atoms with Gasteiger partial charge in [-0.05, 0) is 26.2 Å². The Bertz CT molecular complexity index is 255. The molecule has 0 aromatic heterocycles. The summed E-state index contributed by atoms with van der Waals surface area (Å²) in [6.45, 7) is 1.95. The SMILES string of the molecule is CC(NC(CO)(CO)CO)C(=O)N1CCCCC1. The number of nitrogens with one attached hydrogen (secondary N) is 1. The highest BCUT2D eigenvalue weighted by molar-refractivity contribution is 5.81. The van der Waals surface area contributed by atoms with Crippen LogP contribution < -0.4 is 5.32 Å². The fourth-order valence-electron chi connectivity index (χ4n) is 2.20. The number of rotatable bonds is 6. The molecule has 1 rings (SSSR count). The molecule has 0 radical (unpaired) electrons. The molecule has 1 unspecified atom stereocenters. The second kappa shape index (κ2) is 7.04. The molecule has 0 spiro atoms. The van der Waals surface area contributed by atoms with E-state index in [1.165, 1.54) is 0 Å². The van der Waals surface area contributed by atoms with E-state index in [-0.39, 0.29) is 5.91 Å². The van der Waals surface area contributed by atoms with Crippen LogP contribution in [0.2, 0.25) is 0 Å². The molecule has 1 aliphatic heterocycles. The number of piperidine rings is 1. The van der Waals surface area contributed by atoms with Gasteiger partial charge in [0, 0.05) is 13.1 Å². The van der Waals surface area contributed by atoms with Crippen molar-refractivity contribution in [3.05, 3.63) is 0 Å². The molecule has 6 heteroatoms. The largest absolute Gasteiger partial charge is 0.394 e. The number of hydrogen-bond donors (Lipinski definition) is 4. The smallest absolute Gasteiger partial charge is 0.239 e. The van der Waals surface area contributed by atoms with E-state index < -0.39 is 31.4 Å². The fourth-order valence-corrected chi connectivity index (χ4v) is 2.20. The van der Waals surface area contributed by atoms with Crippen molar-refractivity contribution in [1.82, 2.24) is 10.2 Å². The van der Waals surface area contributed by atoms with Crippen molar-refractivity contribution in [2.24, 2.45) is 0 Å². The molecular weight excluding hydrogens is 236 g/mol. The van der Waals surface area contributed by atoms with Gasteiger partial charge in [-0.15, -0.1) is 0 Å². The molecular formula is C12H24N2O4. The van der Waals surface area contributed by atoms with Crippen LogP contribution in [-0.4, -0.2) is 70.6 Å². The highest BCUT2D eigenvalue weighted by Gasteiger charge is 2.33. The van der Waals surface area contributed by atoms with Gasteiger partial charge in [-0.25, -0.2) is 0 Å². The Kier molecular flexibility index (Phi) is 6.01. The molecule has 6 nitrogen and oxygen atoms in total. The van der Waals surface area contributed by atoms with Crippen LogP contribution in [0.5, 0.6) is 0 Å². The Labute approximate surface area is 108 Å². The maximum atomic E-state index is 12.1. The van der Waals surface area contributed by atoms with Crippen LogP contribution in [0.25, 0.3) is 0 Å². The monoisotopic (exact) mass is 260 g/mol. The summed E-state index contributed by atoms with van der Waals surface area (Å²) in [4.78, 5) is 13.9. The Morgan fingerprint density at radius 1 is 1.17 bits per heavy atom. The Balaban J connectivity index is 2.57. The summed E-state index contributed by atoms with van der Waals surface area (Å²) >= 11 is 0. The van der Waals surface area contributed by atoms with Crippen LogP contribution in [0.15, 0.2) is 0 Å². The Morgan fingerprint density at radius 2 is 1.67 bits per heavy atom. The lowest BCUT2D eigenvalue weighted by Crippen LogP contribution is -2.61. The van der Waals surface area contributed by atoms with E-state index in [9.17, 15) is 20.1 Å². The molecule has 0 saturated carbocycles. The van der Waals surface area contributed by atoms with E-state index >= 15 is 0 Å². The quantitative estimate of drug-likeness (QED) is 0.476. The molecule has 1 heterocycles. The van der Waals surface area contributed by atoms with Gasteiger partial charge in [-0.1, -0.05) is 0 Å². The maximum Gasteiger partial charge on any atom is 0.239 e. The molecule has 18 heavy (non-hydrogen) atoms. The second-order valence-electron chi connectivity index (χ2n) is 5.01. The first-order chi connectivity index (χ1) is 8.58. The normalized spacial score (nSPS) is 18.8. The summed E-state index contributed by atoms with van der Waals surface area (Å²) in [7, 11) is 0. The Hall–Kier alpha value is -0.690. The highest BCUT2D eigenvalue weighted by Crippen LogP contribution is 2.11. The van der Waals surface area contributed by atoms with Gasteiger partial charge in [0.05, 0.1) is 31.4 Å². The minimum Gasteiger partial charge on any atom is -0.394 e. The predicted molar refractivity (Wildman–Crippen MR) is 67.0 cm³/mol. The van der Waals surface area contributed by atoms with Crippen molar-refractivity contribution in [3.63, 3.8) is 0 Å². The lowest BCUT2D eigenvalue weighted by Gasteiger charge is -2.35. The van der Waals surface area contributed by atoms with Crippen molar-refractivity contribution in [3.8, 4) is 0 Å². The average Bonchev–Trinajstić information content (AvgIpc) is 2.45. The van der Waals surface area contributed by atoms with Gasteiger partial charge >= 0.3 is 0 Å². The van der Waals surface area contributed by atoms with Crippen LogP contribution in [-0.2, 0) is 4.79 Å². The first-order valence-corrected chi connectivity index (χ1v) is 6.47. The van der Waals surface area contributed by atoms with Crippen molar-refractivity contribution in [2.75, 3.05) is 32.9 Å². The van der Waals surface area contributed by atoms with Crippen molar-refractivity contribution in [2.45, 2.75) is 37.8 Å². The minimum absolute atomic E-state index is 0.0468. The van der Waals surface area contributed by atoms with Gasteiger partial charge in [-0.2, -0.15) is 0 Å². The molecule has 0 aliphatic carbocycles. The number of amides is 1. The highest BCUT2D eigenvalue weighted by atomic mass is 16.3. The third-order valence-electron chi connectivity index (χ3n) is 3.47. The molecule has 0 bridgehead atoms.